The SMILES string of the molecule is CCC(C)(C)C(=O)OC(C)(C)C1CCC(C(C)C)CC1.CCC(C)(C)C(=O)OC1(CC(C)OC(=O)C(C)(C)C)CCCC1.CCC(C)(C)C(=O)OC1COC(=O)C1.CCC(C)(C)C(=O)OCC(=O)OC1C2CC3C1OS(=O)(=O)C3C2. The first-order valence-electron chi connectivity index (χ1n) is 30.0. The maximum Gasteiger partial charge on any atom is 0.344 e. The van der Waals surface area contributed by atoms with Crippen LogP contribution >= 0.6 is 0 Å². The first-order valence-corrected chi connectivity index (χ1v) is 31.4. The molecule has 7 atom stereocenters. The lowest BCUT2D eigenvalue weighted by Gasteiger charge is -2.41. The fourth-order valence-corrected chi connectivity index (χ4v) is 12.5. The zero-order chi connectivity index (χ0) is 61.2. The molecular formula is C62H106O17S. The molecule has 6 aliphatic rings. The molecule has 2 saturated heterocycles. The number of esters is 7. The molecule has 4 saturated carbocycles. The quantitative estimate of drug-likeness (QED) is 0.0665. The fraction of sp³-hybridized carbons (Fsp3) is 0.887. The Morgan fingerprint density at radius 3 is 1.66 bits per heavy atom. The predicted molar refractivity (Wildman–Crippen MR) is 304 cm³/mol. The zero-order valence-corrected chi connectivity index (χ0v) is 53.7. The summed E-state index contributed by atoms with van der Waals surface area (Å²) in [5.74, 6) is 0.00543. The second kappa shape index (κ2) is 28.2. The van der Waals surface area contributed by atoms with E-state index in [2.05, 4.69) is 27.7 Å². The summed E-state index contributed by atoms with van der Waals surface area (Å²) in [6, 6.07) is 0. The Balaban J connectivity index is 0.000000284. The van der Waals surface area contributed by atoms with Crippen LogP contribution in [-0.4, -0.2) is 104 Å². The molecule has 18 heteroatoms. The van der Waals surface area contributed by atoms with E-state index in [-0.39, 0.29) is 77.9 Å². The van der Waals surface area contributed by atoms with Gasteiger partial charge < -0.3 is 33.2 Å². The lowest BCUT2D eigenvalue weighted by molar-refractivity contribution is -0.177. The van der Waals surface area contributed by atoms with Gasteiger partial charge in [0, 0.05) is 18.3 Å². The summed E-state index contributed by atoms with van der Waals surface area (Å²) in [6.45, 7) is 38.7. The van der Waals surface area contributed by atoms with Crippen molar-refractivity contribution in [3.8, 4) is 0 Å². The average molecular weight is 1160 g/mol. The third kappa shape index (κ3) is 19.4. The van der Waals surface area contributed by atoms with Gasteiger partial charge in [-0.15, -0.1) is 0 Å². The molecule has 2 aliphatic heterocycles. The Hall–Kier alpha value is -3.80. The van der Waals surface area contributed by atoms with Crippen LogP contribution in [0.4, 0.5) is 0 Å². The van der Waals surface area contributed by atoms with Crippen molar-refractivity contribution in [2.45, 2.75) is 282 Å². The second-order valence-corrected chi connectivity index (χ2v) is 30.0. The monoisotopic (exact) mass is 1150 g/mol. The summed E-state index contributed by atoms with van der Waals surface area (Å²) in [7, 11) is -3.53. The van der Waals surface area contributed by atoms with Crippen molar-refractivity contribution in [1.82, 2.24) is 0 Å². The number of carbonyl (C=O) groups is 7. The maximum atomic E-state index is 12.5. The highest BCUT2D eigenvalue weighted by Crippen LogP contribution is 2.55. The van der Waals surface area contributed by atoms with E-state index in [4.69, 9.17) is 37.3 Å². The van der Waals surface area contributed by atoms with Crippen molar-refractivity contribution in [1.29, 1.82) is 0 Å². The molecule has 0 aromatic rings. The minimum Gasteiger partial charge on any atom is -0.462 e. The van der Waals surface area contributed by atoms with Crippen LogP contribution in [0.1, 0.15) is 241 Å². The Bertz CT molecular complexity index is 2220. The highest BCUT2D eigenvalue weighted by molar-refractivity contribution is 7.87. The Morgan fingerprint density at radius 2 is 1.18 bits per heavy atom. The van der Waals surface area contributed by atoms with Crippen molar-refractivity contribution in [3.63, 3.8) is 0 Å². The first-order chi connectivity index (χ1) is 36.6. The van der Waals surface area contributed by atoms with E-state index in [0.717, 1.165) is 50.4 Å². The molecule has 462 valence electrons. The molecule has 2 bridgehead atoms. The number of ether oxygens (including phenoxy) is 7. The summed E-state index contributed by atoms with van der Waals surface area (Å²) in [5.41, 5.74) is -3.29. The Labute approximate surface area is 481 Å². The van der Waals surface area contributed by atoms with Gasteiger partial charge in [0.05, 0.1) is 38.7 Å². The van der Waals surface area contributed by atoms with Gasteiger partial charge in [-0.25, -0.2) is 4.79 Å². The van der Waals surface area contributed by atoms with Crippen LogP contribution in [0.15, 0.2) is 0 Å². The van der Waals surface area contributed by atoms with Crippen molar-refractivity contribution in [2.24, 2.45) is 56.7 Å². The molecule has 6 fully saturated rings. The van der Waals surface area contributed by atoms with Crippen LogP contribution in [0.25, 0.3) is 0 Å². The highest BCUT2D eigenvalue weighted by atomic mass is 32.2. The van der Waals surface area contributed by atoms with Gasteiger partial charge in [-0.3, -0.25) is 33.0 Å². The maximum absolute atomic E-state index is 12.5. The largest absolute Gasteiger partial charge is 0.462 e. The summed E-state index contributed by atoms with van der Waals surface area (Å²) in [6.07, 6.45) is 11.8. The van der Waals surface area contributed by atoms with Gasteiger partial charge in [0.2, 0.25) is 0 Å². The molecule has 0 N–H and O–H groups in total. The second-order valence-electron chi connectivity index (χ2n) is 28.2. The fourth-order valence-electron chi connectivity index (χ4n) is 10.6. The number of cyclic esters (lactones) is 1. The average Bonchev–Trinajstić information content (AvgIpc) is 4.21. The van der Waals surface area contributed by atoms with Crippen molar-refractivity contribution < 1.29 is 79.3 Å². The van der Waals surface area contributed by atoms with Gasteiger partial charge in [0.1, 0.15) is 42.2 Å². The zero-order valence-electron chi connectivity index (χ0n) is 52.8. The van der Waals surface area contributed by atoms with Gasteiger partial charge in [-0.1, -0.05) is 41.5 Å². The van der Waals surface area contributed by atoms with Gasteiger partial charge in [-0.05, 0) is 205 Å². The molecule has 80 heavy (non-hydrogen) atoms. The number of carbonyl (C=O) groups excluding carboxylic acids is 7. The number of hydrogen-bond donors (Lipinski definition) is 0. The van der Waals surface area contributed by atoms with Gasteiger partial charge in [0.15, 0.2) is 6.61 Å². The van der Waals surface area contributed by atoms with E-state index in [1.54, 1.807) is 13.8 Å². The predicted octanol–water partition coefficient (Wildman–Crippen LogP) is 12.1. The minimum atomic E-state index is -3.53. The van der Waals surface area contributed by atoms with Crippen LogP contribution in [0, 0.1) is 56.7 Å². The standard InChI is InChI=1S/C19H34O4.C18H34O2.C15H22O7S.C10H16O4/c1-8-18(6,7)16(21)23-19(11-9-10-12-19)13-14(2)22-15(20)17(3,4)5;1-8-17(4,5)16(19)20-18(6,7)15-11-9-14(10-12-15)13(2)3;1-4-15(2,3)14(17)20-7-11(16)21-12-8-5-9-10(6-8)23(18,19)22-13(9)12;1-4-10(2,3)9(12)14-7-5-8(11)13-6-7/h14H,8-13H2,1-7H3;13-15H,8-12H2,1-7H3;8-10,12-13H,4-7H2,1-3H3;7H,4-6H2,1-3H3. The topological polar surface area (TPSA) is 227 Å². The van der Waals surface area contributed by atoms with Gasteiger partial charge in [-0.2, -0.15) is 8.42 Å². The summed E-state index contributed by atoms with van der Waals surface area (Å²) >= 11 is 0. The van der Waals surface area contributed by atoms with Crippen molar-refractivity contribution >= 4 is 51.9 Å². The van der Waals surface area contributed by atoms with Crippen molar-refractivity contribution in [3.05, 3.63) is 0 Å². The third-order valence-corrected chi connectivity index (χ3v) is 20.1. The molecule has 0 aromatic carbocycles. The highest BCUT2D eigenvalue weighted by Gasteiger charge is 2.65. The molecule has 0 amide bonds. The minimum absolute atomic E-state index is 0.0130. The normalized spacial score (nSPS) is 26.2. The first kappa shape index (κ1) is 70.5. The third-order valence-electron chi connectivity index (χ3n) is 18.3. The molecule has 4 aliphatic carbocycles. The van der Waals surface area contributed by atoms with E-state index in [1.807, 2.05) is 96.9 Å². The molecule has 6 rings (SSSR count). The van der Waals surface area contributed by atoms with E-state index >= 15 is 0 Å². The molecule has 0 radical (unpaired) electrons. The molecule has 0 aromatic heterocycles. The molecule has 0 spiro atoms. The van der Waals surface area contributed by atoms with Crippen LogP contribution < -0.4 is 0 Å². The van der Waals surface area contributed by atoms with Gasteiger partial charge in [0.25, 0.3) is 10.1 Å². The van der Waals surface area contributed by atoms with Gasteiger partial charge >= 0.3 is 41.8 Å². The van der Waals surface area contributed by atoms with Crippen LogP contribution in [-0.2, 0) is 81.0 Å². The number of hydrogen-bond acceptors (Lipinski definition) is 17. The lowest BCUT2D eigenvalue weighted by Crippen LogP contribution is -2.42. The molecule has 7 unspecified atom stereocenters. The van der Waals surface area contributed by atoms with Crippen LogP contribution in [0.5, 0.6) is 0 Å². The van der Waals surface area contributed by atoms with E-state index in [1.165, 1.54) is 25.7 Å². The van der Waals surface area contributed by atoms with Crippen LogP contribution in [0.3, 0.4) is 0 Å². The number of fused-ring (bicyclic) bond motifs is 1. The molecule has 17 nitrogen and oxygen atoms in total. The molecule has 2 heterocycles. The van der Waals surface area contributed by atoms with E-state index in [9.17, 15) is 42.0 Å². The van der Waals surface area contributed by atoms with E-state index < -0.39 is 73.4 Å². The van der Waals surface area contributed by atoms with E-state index in [0.29, 0.717) is 38.0 Å². The van der Waals surface area contributed by atoms with Crippen LogP contribution in [0.2, 0.25) is 0 Å². The Morgan fingerprint density at radius 1 is 0.662 bits per heavy atom. The number of rotatable bonds is 19. The summed E-state index contributed by atoms with van der Waals surface area (Å²) in [4.78, 5) is 82.9. The smallest absolute Gasteiger partial charge is 0.344 e. The summed E-state index contributed by atoms with van der Waals surface area (Å²) in [5, 5.41) is -0.448. The summed E-state index contributed by atoms with van der Waals surface area (Å²) < 4.78 is 66.4. The lowest BCUT2D eigenvalue weighted by atomic mass is 9.71. The van der Waals surface area contributed by atoms with Crippen molar-refractivity contribution in [2.75, 3.05) is 13.2 Å². The Kier molecular flexibility index (Phi) is 24.8. The molecular weight excluding hydrogens is 1050 g/mol.